The molecule has 3 aromatic carbocycles. The normalized spacial score (nSPS) is 14.0. The molecule has 29 heavy (non-hydrogen) atoms. The molecule has 0 bridgehead atoms. The second kappa shape index (κ2) is 8.59. The van der Waals surface area contributed by atoms with Crippen molar-refractivity contribution in [2.75, 3.05) is 7.11 Å². The topological polar surface area (TPSA) is 51.0 Å². The van der Waals surface area contributed by atoms with Crippen LogP contribution in [-0.4, -0.2) is 24.5 Å². The van der Waals surface area contributed by atoms with Crippen molar-refractivity contribution in [3.63, 3.8) is 0 Å². The fourth-order valence-electron chi connectivity index (χ4n) is 3.43. The Hall–Kier alpha value is -2.97. The van der Waals surface area contributed by atoms with Gasteiger partial charge >= 0.3 is 5.97 Å². The van der Waals surface area contributed by atoms with Gasteiger partial charge in [-0.3, -0.25) is 0 Å². The Kier molecular flexibility index (Phi) is 5.73. The van der Waals surface area contributed by atoms with Gasteiger partial charge in [-0.15, -0.1) is 5.11 Å². The molecule has 0 spiro atoms. The molecule has 0 aromatic heterocycles. The number of nitrogens with zero attached hydrogens (tertiary/aromatic N) is 2. The number of rotatable bonds is 6. The first kappa shape index (κ1) is 19.4. The molecule has 1 aliphatic carbocycles. The van der Waals surface area contributed by atoms with Crippen LogP contribution in [0.2, 0.25) is 0 Å². The zero-order valence-electron chi connectivity index (χ0n) is 16.3. The first-order chi connectivity index (χ1) is 14.3. The Morgan fingerprint density at radius 3 is 1.55 bits per heavy atom. The average molecular weight is 402 g/mol. The first-order valence-corrected chi connectivity index (χ1v) is 11.5. The van der Waals surface area contributed by atoms with Crippen LogP contribution in [0, 0.1) is 0 Å². The molecule has 0 aliphatic heterocycles. The standard InChI is InChI=1S/C24H23N2O2P/c1-28-24(27)23(26-25-19-17-18-19)29(20-11-5-2-6-12-20,21-13-7-3-8-14-21)22-15-9-4-10-16-22/h2-16,19H,17-18H2,1H3. The number of ether oxygens (including phenoxy) is 1. The van der Waals surface area contributed by atoms with Crippen molar-refractivity contribution < 1.29 is 9.53 Å². The lowest BCUT2D eigenvalue weighted by atomic mass is 10.4. The zero-order chi connectivity index (χ0) is 20.1. The Bertz CT molecular complexity index is 956. The SMILES string of the molecule is COC(=O)C(N=NC1CC1)=P(c1ccccc1)(c1ccccc1)c1ccccc1. The van der Waals surface area contributed by atoms with Crippen LogP contribution in [0.5, 0.6) is 0 Å². The molecule has 0 unspecified atom stereocenters. The number of methoxy groups -OCH3 is 1. The lowest BCUT2D eigenvalue weighted by Gasteiger charge is -2.29. The highest BCUT2D eigenvalue weighted by molar-refractivity contribution is 7.96. The van der Waals surface area contributed by atoms with Gasteiger partial charge in [-0.1, -0.05) is 91.0 Å². The minimum atomic E-state index is -2.58. The van der Waals surface area contributed by atoms with Crippen molar-refractivity contribution in [1.29, 1.82) is 0 Å². The molecule has 146 valence electrons. The van der Waals surface area contributed by atoms with Gasteiger partial charge < -0.3 is 4.74 Å². The molecule has 0 radical (unpaired) electrons. The monoisotopic (exact) mass is 402 g/mol. The molecule has 0 saturated heterocycles. The summed E-state index contributed by atoms with van der Waals surface area (Å²) in [7, 11) is 1.41. The number of esters is 1. The molecule has 0 atom stereocenters. The van der Waals surface area contributed by atoms with Crippen LogP contribution in [0.1, 0.15) is 12.8 Å². The van der Waals surface area contributed by atoms with Gasteiger partial charge in [0.05, 0.1) is 13.2 Å². The molecule has 5 heteroatoms. The molecule has 4 rings (SSSR count). The van der Waals surface area contributed by atoms with Crippen molar-refractivity contribution in [2.45, 2.75) is 18.9 Å². The molecule has 3 aromatic rings. The van der Waals surface area contributed by atoms with Crippen LogP contribution in [0.25, 0.3) is 0 Å². The third-order valence-corrected chi connectivity index (χ3v) is 9.10. The first-order valence-electron chi connectivity index (χ1n) is 9.69. The Balaban J connectivity index is 2.18. The lowest BCUT2D eigenvalue weighted by molar-refractivity contribution is -0.132. The van der Waals surface area contributed by atoms with Gasteiger partial charge in [-0.25, -0.2) is 4.79 Å². The van der Waals surface area contributed by atoms with Crippen molar-refractivity contribution in [3.05, 3.63) is 91.0 Å². The maximum absolute atomic E-state index is 13.1. The summed E-state index contributed by atoms with van der Waals surface area (Å²) in [5.41, 5.74) is 0.385. The van der Waals surface area contributed by atoms with Crippen LogP contribution < -0.4 is 15.9 Å². The summed E-state index contributed by atoms with van der Waals surface area (Å²) in [6.45, 7) is -2.58. The van der Waals surface area contributed by atoms with E-state index in [9.17, 15) is 4.79 Å². The fourth-order valence-corrected chi connectivity index (χ4v) is 7.47. The zero-order valence-corrected chi connectivity index (χ0v) is 17.2. The quantitative estimate of drug-likeness (QED) is 0.357. The van der Waals surface area contributed by atoms with E-state index in [0.29, 0.717) is 5.42 Å². The van der Waals surface area contributed by atoms with Gasteiger partial charge in [0, 0.05) is 6.89 Å². The van der Waals surface area contributed by atoms with E-state index in [2.05, 4.69) is 46.6 Å². The molecule has 1 aliphatic rings. The van der Waals surface area contributed by atoms with E-state index < -0.39 is 12.9 Å². The predicted octanol–water partition coefficient (Wildman–Crippen LogP) is 3.90. The molecule has 0 heterocycles. The Morgan fingerprint density at radius 2 is 1.21 bits per heavy atom. The van der Waals surface area contributed by atoms with Gasteiger partial charge in [-0.2, -0.15) is 5.11 Å². The van der Waals surface area contributed by atoms with Crippen molar-refractivity contribution in [1.82, 2.24) is 0 Å². The molecule has 1 saturated carbocycles. The third kappa shape index (κ3) is 3.81. The lowest BCUT2D eigenvalue weighted by Crippen LogP contribution is -2.33. The average Bonchev–Trinajstić information content (AvgIpc) is 3.62. The molecular formula is C24H23N2O2P. The van der Waals surface area contributed by atoms with Crippen LogP contribution in [0.15, 0.2) is 101 Å². The number of carbonyl (C=O) groups excluding carboxylic acids is 1. The highest BCUT2D eigenvalue weighted by Crippen LogP contribution is 2.47. The third-order valence-electron chi connectivity index (χ3n) is 4.98. The van der Waals surface area contributed by atoms with Gasteiger partial charge in [0.15, 0.2) is 5.42 Å². The molecule has 0 amide bonds. The summed E-state index contributed by atoms with van der Waals surface area (Å²) in [5.74, 6) is -0.431. The minimum absolute atomic E-state index is 0.207. The van der Waals surface area contributed by atoms with Crippen molar-refractivity contribution >= 4 is 34.2 Å². The van der Waals surface area contributed by atoms with Gasteiger partial charge in [0.1, 0.15) is 0 Å². The molecule has 1 fully saturated rings. The minimum Gasteiger partial charge on any atom is -0.464 e. The van der Waals surface area contributed by atoms with Crippen LogP contribution in [-0.2, 0) is 9.53 Å². The summed E-state index contributed by atoms with van der Waals surface area (Å²) < 4.78 is 5.23. The maximum atomic E-state index is 13.1. The van der Waals surface area contributed by atoms with Crippen LogP contribution in [0.3, 0.4) is 0 Å². The Morgan fingerprint density at radius 1 is 0.793 bits per heavy atom. The summed E-state index contributed by atoms with van der Waals surface area (Å²) >= 11 is 0. The molecule has 0 N–H and O–H groups in total. The second-order valence-corrected chi connectivity index (χ2v) is 10.3. The van der Waals surface area contributed by atoms with Crippen molar-refractivity contribution in [2.24, 2.45) is 10.2 Å². The highest BCUT2D eigenvalue weighted by Gasteiger charge is 2.34. The largest absolute Gasteiger partial charge is 0.464 e. The van der Waals surface area contributed by atoms with E-state index in [-0.39, 0.29) is 6.04 Å². The van der Waals surface area contributed by atoms with Crippen LogP contribution >= 0.6 is 6.89 Å². The fraction of sp³-hybridized carbons (Fsp3) is 0.167. The second-order valence-electron chi connectivity index (χ2n) is 6.94. The molecule has 4 nitrogen and oxygen atoms in total. The van der Waals surface area contributed by atoms with E-state index in [1.807, 2.05) is 54.6 Å². The smallest absolute Gasteiger partial charge is 0.359 e. The number of hydrogen-bond donors (Lipinski definition) is 0. The van der Waals surface area contributed by atoms with E-state index in [0.717, 1.165) is 28.8 Å². The van der Waals surface area contributed by atoms with E-state index in [1.165, 1.54) is 7.11 Å². The van der Waals surface area contributed by atoms with E-state index >= 15 is 0 Å². The number of hydrogen-bond acceptors (Lipinski definition) is 3. The van der Waals surface area contributed by atoms with Gasteiger partial charge in [0.25, 0.3) is 0 Å². The van der Waals surface area contributed by atoms with Gasteiger partial charge in [-0.05, 0) is 28.8 Å². The summed E-state index contributed by atoms with van der Waals surface area (Å²) in [4.78, 5) is 13.1. The number of carbonyl (C=O) groups is 1. The Labute approximate surface area is 171 Å². The van der Waals surface area contributed by atoms with E-state index in [1.54, 1.807) is 0 Å². The number of azo groups is 1. The van der Waals surface area contributed by atoms with Crippen LogP contribution in [0.4, 0.5) is 0 Å². The maximum Gasteiger partial charge on any atom is 0.359 e. The molecular weight excluding hydrogens is 379 g/mol. The van der Waals surface area contributed by atoms with E-state index in [4.69, 9.17) is 4.74 Å². The summed E-state index contributed by atoms with van der Waals surface area (Å²) in [6, 6.07) is 30.6. The summed E-state index contributed by atoms with van der Waals surface area (Å²) in [6.07, 6.45) is 2.04. The predicted molar refractivity (Wildman–Crippen MR) is 120 cm³/mol. The highest BCUT2D eigenvalue weighted by atomic mass is 31.2. The summed E-state index contributed by atoms with van der Waals surface area (Å²) in [5, 5.41) is 12.2. The van der Waals surface area contributed by atoms with Crippen molar-refractivity contribution in [3.8, 4) is 0 Å². The van der Waals surface area contributed by atoms with Gasteiger partial charge in [0.2, 0.25) is 0 Å². The number of benzene rings is 3.